The predicted molar refractivity (Wildman–Crippen MR) is 71.5 cm³/mol. The zero-order chi connectivity index (χ0) is 13.7. The van der Waals surface area contributed by atoms with E-state index in [2.05, 4.69) is 24.4 Å². The fourth-order valence-electron chi connectivity index (χ4n) is 2.65. The summed E-state index contributed by atoms with van der Waals surface area (Å²) in [5.41, 5.74) is 2.49. The van der Waals surface area contributed by atoms with Gasteiger partial charge in [0, 0.05) is 0 Å². The van der Waals surface area contributed by atoms with Gasteiger partial charge in [0.2, 0.25) is 0 Å². The van der Waals surface area contributed by atoms with Gasteiger partial charge in [0.05, 0.1) is 12.1 Å². The van der Waals surface area contributed by atoms with Crippen LogP contribution in [0.25, 0.3) is 0 Å². The number of hydrogen-bond donors (Lipinski definition) is 1. The van der Waals surface area contributed by atoms with Gasteiger partial charge in [0.25, 0.3) is 6.43 Å². The molecule has 0 amide bonds. The number of fused-ring (bicyclic) bond motifs is 1. The summed E-state index contributed by atoms with van der Waals surface area (Å²) in [6.07, 6.45) is 0.152. The molecule has 2 atom stereocenters. The van der Waals surface area contributed by atoms with Crippen LogP contribution in [-0.4, -0.2) is 25.7 Å². The topological polar surface area (TPSA) is 21.3 Å². The van der Waals surface area contributed by atoms with Crippen molar-refractivity contribution in [1.29, 1.82) is 0 Å². The first-order valence-corrected chi connectivity index (χ1v) is 6.93. The van der Waals surface area contributed by atoms with Gasteiger partial charge in [-0.25, -0.2) is 8.78 Å². The molecule has 2 nitrogen and oxygen atoms in total. The maximum Gasteiger partial charge on any atom is 0.261 e. The van der Waals surface area contributed by atoms with Crippen LogP contribution in [0.15, 0.2) is 24.3 Å². The second kappa shape index (κ2) is 6.96. The third-order valence-electron chi connectivity index (χ3n) is 3.51. The van der Waals surface area contributed by atoms with Gasteiger partial charge in [-0.15, -0.1) is 0 Å². The molecule has 0 aliphatic heterocycles. The molecular weight excluding hydrogens is 248 g/mol. The van der Waals surface area contributed by atoms with Crippen LogP contribution in [0.4, 0.5) is 8.78 Å². The van der Waals surface area contributed by atoms with E-state index in [1.165, 1.54) is 11.1 Å². The van der Waals surface area contributed by atoms with Gasteiger partial charge in [-0.1, -0.05) is 31.2 Å². The second-order valence-electron chi connectivity index (χ2n) is 4.93. The maximum atomic E-state index is 12.3. The molecule has 0 bridgehead atoms. The predicted octanol–water partition coefficient (Wildman–Crippen LogP) is 3.32. The summed E-state index contributed by atoms with van der Waals surface area (Å²) in [5, 5.41) is 3.43. The third-order valence-corrected chi connectivity index (χ3v) is 3.51. The van der Waals surface area contributed by atoms with Crippen LogP contribution < -0.4 is 5.32 Å². The van der Waals surface area contributed by atoms with Crippen molar-refractivity contribution >= 4 is 0 Å². The van der Waals surface area contributed by atoms with E-state index in [-0.39, 0.29) is 12.1 Å². The lowest BCUT2D eigenvalue weighted by Gasteiger charge is -2.34. The summed E-state index contributed by atoms with van der Waals surface area (Å²) >= 11 is 0. The van der Waals surface area contributed by atoms with Crippen LogP contribution in [0.2, 0.25) is 0 Å². The van der Waals surface area contributed by atoms with E-state index < -0.39 is 13.0 Å². The molecule has 1 aromatic carbocycles. The lowest BCUT2D eigenvalue weighted by Crippen LogP contribution is -2.38. The van der Waals surface area contributed by atoms with Gasteiger partial charge < -0.3 is 10.1 Å². The minimum absolute atomic E-state index is 0.0312. The Morgan fingerprint density at radius 1 is 1.37 bits per heavy atom. The summed E-state index contributed by atoms with van der Waals surface area (Å²) in [6.45, 7) is 2.49. The van der Waals surface area contributed by atoms with E-state index in [1.54, 1.807) is 0 Å². The number of hydrogen-bond acceptors (Lipinski definition) is 2. The maximum absolute atomic E-state index is 12.3. The van der Waals surface area contributed by atoms with Crippen molar-refractivity contribution < 1.29 is 13.5 Å². The minimum atomic E-state index is -2.40. The van der Waals surface area contributed by atoms with Crippen LogP contribution in [0.1, 0.15) is 36.9 Å². The standard InChI is InChI=1S/C15H21F2NO/c1-2-9-18-15-12-6-4-3-5-11(12)7-8-13(15)19-10-14(16)17/h3-6,13-15,18H,2,7-10H2,1H3. The fraction of sp³-hybridized carbons (Fsp3) is 0.600. The van der Waals surface area contributed by atoms with E-state index in [0.717, 1.165) is 25.8 Å². The van der Waals surface area contributed by atoms with Crippen LogP contribution in [0, 0.1) is 0 Å². The molecule has 1 aromatic rings. The average Bonchev–Trinajstić information content (AvgIpc) is 2.43. The highest BCUT2D eigenvalue weighted by atomic mass is 19.3. The van der Waals surface area contributed by atoms with Crippen molar-refractivity contribution in [3.63, 3.8) is 0 Å². The highest BCUT2D eigenvalue weighted by Crippen LogP contribution is 2.32. The van der Waals surface area contributed by atoms with Crippen LogP contribution in [-0.2, 0) is 11.2 Å². The van der Waals surface area contributed by atoms with Gasteiger partial charge in [-0.2, -0.15) is 0 Å². The first-order valence-electron chi connectivity index (χ1n) is 6.93. The Hall–Kier alpha value is -1.00. The summed E-state index contributed by atoms with van der Waals surface area (Å²) < 4.78 is 30.0. The highest BCUT2D eigenvalue weighted by Gasteiger charge is 2.30. The smallest absolute Gasteiger partial charge is 0.261 e. The van der Waals surface area contributed by atoms with E-state index in [4.69, 9.17) is 4.74 Å². The van der Waals surface area contributed by atoms with Crippen LogP contribution >= 0.6 is 0 Å². The monoisotopic (exact) mass is 269 g/mol. The van der Waals surface area contributed by atoms with Crippen LogP contribution in [0.5, 0.6) is 0 Å². The number of aryl methyl sites for hydroxylation is 1. The molecular formula is C15H21F2NO. The van der Waals surface area contributed by atoms with Crippen molar-refractivity contribution in [2.24, 2.45) is 0 Å². The minimum Gasteiger partial charge on any atom is -0.370 e. The number of nitrogens with one attached hydrogen (secondary N) is 1. The van der Waals surface area contributed by atoms with Crippen LogP contribution in [0.3, 0.4) is 0 Å². The third kappa shape index (κ3) is 3.74. The summed E-state index contributed by atoms with van der Waals surface area (Å²) in [6, 6.07) is 8.23. The summed E-state index contributed by atoms with van der Waals surface area (Å²) in [4.78, 5) is 0. The Kier molecular flexibility index (Phi) is 5.28. The van der Waals surface area contributed by atoms with Gasteiger partial charge in [0.1, 0.15) is 6.61 Å². The van der Waals surface area contributed by atoms with E-state index >= 15 is 0 Å². The van der Waals surface area contributed by atoms with E-state index in [0.29, 0.717) is 0 Å². The second-order valence-corrected chi connectivity index (χ2v) is 4.93. The van der Waals surface area contributed by atoms with Crippen molar-refractivity contribution in [3.05, 3.63) is 35.4 Å². The molecule has 19 heavy (non-hydrogen) atoms. The van der Waals surface area contributed by atoms with Gasteiger partial charge in [-0.05, 0) is 36.9 Å². The number of rotatable bonds is 6. The summed E-state index contributed by atoms with van der Waals surface area (Å²) in [7, 11) is 0. The van der Waals surface area contributed by atoms with Gasteiger partial charge >= 0.3 is 0 Å². The molecule has 1 aliphatic rings. The summed E-state index contributed by atoms with van der Waals surface area (Å²) in [5.74, 6) is 0. The SMILES string of the molecule is CCCNC1c2ccccc2CCC1OCC(F)F. The number of halogens is 2. The van der Waals surface area contributed by atoms with Crippen molar-refractivity contribution in [3.8, 4) is 0 Å². The lowest BCUT2D eigenvalue weighted by atomic mass is 9.85. The molecule has 1 N–H and O–H groups in total. The number of ether oxygens (including phenoxy) is 1. The first-order chi connectivity index (χ1) is 9.22. The largest absolute Gasteiger partial charge is 0.370 e. The molecule has 0 radical (unpaired) electrons. The molecule has 0 saturated carbocycles. The molecule has 2 unspecified atom stereocenters. The average molecular weight is 269 g/mol. The zero-order valence-corrected chi connectivity index (χ0v) is 11.2. The number of alkyl halides is 2. The Balaban J connectivity index is 2.11. The molecule has 0 spiro atoms. The molecule has 0 heterocycles. The highest BCUT2D eigenvalue weighted by molar-refractivity contribution is 5.33. The molecule has 0 aromatic heterocycles. The Bertz CT molecular complexity index is 397. The fourth-order valence-corrected chi connectivity index (χ4v) is 2.65. The normalized spacial score (nSPS) is 22.5. The van der Waals surface area contributed by atoms with Gasteiger partial charge in [-0.3, -0.25) is 0 Å². The Morgan fingerprint density at radius 3 is 2.89 bits per heavy atom. The van der Waals surface area contributed by atoms with Crippen molar-refractivity contribution in [1.82, 2.24) is 5.32 Å². The quantitative estimate of drug-likeness (QED) is 0.855. The zero-order valence-electron chi connectivity index (χ0n) is 11.2. The Morgan fingerprint density at radius 2 is 2.16 bits per heavy atom. The number of benzene rings is 1. The van der Waals surface area contributed by atoms with E-state index in [9.17, 15) is 8.78 Å². The van der Waals surface area contributed by atoms with E-state index in [1.807, 2.05) is 12.1 Å². The first kappa shape index (κ1) is 14.4. The molecule has 2 rings (SSSR count). The molecule has 106 valence electrons. The Labute approximate surface area is 113 Å². The molecule has 1 aliphatic carbocycles. The van der Waals surface area contributed by atoms with Gasteiger partial charge in [0.15, 0.2) is 0 Å². The molecule has 0 fully saturated rings. The molecule has 0 saturated heterocycles. The van der Waals surface area contributed by atoms with Crippen molar-refractivity contribution in [2.45, 2.75) is 44.8 Å². The molecule has 4 heteroatoms. The lowest BCUT2D eigenvalue weighted by molar-refractivity contribution is -0.0441. The van der Waals surface area contributed by atoms with Crippen molar-refractivity contribution in [2.75, 3.05) is 13.2 Å².